The second-order valence-corrected chi connectivity index (χ2v) is 6.70. The number of carbonyl (C=O) groups is 1. The lowest BCUT2D eigenvalue weighted by molar-refractivity contribution is -0.656. The zero-order valence-electron chi connectivity index (χ0n) is 15.3. The number of carbonyl (C=O) groups excluding carboxylic acids is 1. The zero-order chi connectivity index (χ0) is 20.4. The first-order valence-corrected chi connectivity index (χ1v) is 8.88. The van der Waals surface area contributed by atoms with Crippen LogP contribution in [0.4, 0.5) is 13.2 Å². The van der Waals surface area contributed by atoms with Crippen LogP contribution in [-0.4, -0.2) is 24.9 Å². The van der Waals surface area contributed by atoms with Crippen molar-refractivity contribution in [1.82, 2.24) is 0 Å². The van der Waals surface area contributed by atoms with Gasteiger partial charge in [0.25, 0.3) is 0 Å². The number of hydrogen-bond acceptors (Lipinski definition) is 4. The Kier molecular flexibility index (Phi) is 6.64. The maximum Gasteiger partial charge on any atom is 0.430 e. The summed E-state index contributed by atoms with van der Waals surface area (Å²) in [5.74, 6) is 2.22. The monoisotopic (exact) mass is 408 g/mol. The molecule has 1 aromatic carbocycles. The first-order valence-electron chi connectivity index (χ1n) is 8.51. The Balaban J connectivity index is 2.47. The minimum Gasteiger partial charge on any atom is -0.491 e. The lowest BCUT2D eigenvalue weighted by Gasteiger charge is -2.29. The van der Waals surface area contributed by atoms with Gasteiger partial charge in [0.1, 0.15) is 11.5 Å². The van der Waals surface area contributed by atoms with Crippen molar-refractivity contribution in [3.63, 3.8) is 0 Å². The van der Waals surface area contributed by atoms with E-state index in [9.17, 15) is 18.0 Å². The van der Waals surface area contributed by atoms with Crippen LogP contribution >= 0.6 is 11.6 Å². The Bertz CT molecular complexity index is 745. The van der Waals surface area contributed by atoms with E-state index in [1.165, 1.54) is 6.07 Å². The van der Waals surface area contributed by atoms with Gasteiger partial charge in [-0.15, -0.1) is 0 Å². The Labute approximate surface area is 160 Å². The third-order valence-electron chi connectivity index (χ3n) is 4.55. The van der Waals surface area contributed by atoms with Gasteiger partial charge in [-0.05, 0) is 25.0 Å². The standard InChI is InChI=1S/C18H22ClF3NO4/c1-4-10(5-2)8-25-15-9(3)14-11(7-13(15)19)6-12(17(24)27-23)16(26-14)18(20,21)22/h6-7,10,16H,4-5,8H2,1-3,23H3/q+1. The maximum atomic E-state index is 13.4. The van der Waals surface area contributed by atoms with Gasteiger partial charge in [0.15, 0.2) is 0 Å². The van der Waals surface area contributed by atoms with Gasteiger partial charge < -0.3 is 9.47 Å². The molecule has 0 amide bonds. The smallest absolute Gasteiger partial charge is 0.430 e. The highest BCUT2D eigenvalue weighted by atomic mass is 35.5. The van der Waals surface area contributed by atoms with Crippen molar-refractivity contribution in [2.45, 2.75) is 45.9 Å². The quantitative estimate of drug-likeness (QED) is 0.725. The van der Waals surface area contributed by atoms with Crippen molar-refractivity contribution >= 4 is 23.6 Å². The molecule has 0 radical (unpaired) electrons. The van der Waals surface area contributed by atoms with Crippen molar-refractivity contribution in [3.05, 3.63) is 27.8 Å². The number of alkyl halides is 3. The SMILES string of the molecule is CCC(CC)COc1c(Cl)cc2c(c1C)OC(C(F)(F)F)C(C(=O)O[NH3+])=C2. The number of benzene rings is 1. The normalized spacial score (nSPS) is 16.5. The summed E-state index contributed by atoms with van der Waals surface area (Å²) >= 11 is 6.26. The average Bonchev–Trinajstić information content (AvgIpc) is 2.62. The van der Waals surface area contributed by atoms with E-state index in [4.69, 9.17) is 21.1 Å². The number of fused-ring (bicyclic) bond motifs is 1. The number of halogens is 4. The van der Waals surface area contributed by atoms with Gasteiger partial charge in [0.2, 0.25) is 6.10 Å². The van der Waals surface area contributed by atoms with E-state index in [-0.39, 0.29) is 22.1 Å². The summed E-state index contributed by atoms with van der Waals surface area (Å²) in [6.45, 7) is 6.02. The predicted molar refractivity (Wildman–Crippen MR) is 93.2 cm³/mol. The average molecular weight is 409 g/mol. The van der Waals surface area contributed by atoms with E-state index < -0.39 is 23.8 Å². The van der Waals surface area contributed by atoms with Crippen LogP contribution in [0.1, 0.15) is 37.8 Å². The molecule has 1 atom stereocenters. The van der Waals surface area contributed by atoms with Gasteiger partial charge in [0.05, 0.1) is 17.2 Å². The van der Waals surface area contributed by atoms with E-state index in [0.717, 1.165) is 18.9 Å². The van der Waals surface area contributed by atoms with E-state index in [1.54, 1.807) is 6.92 Å². The van der Waals surface area contributed by atoms with Gasteiger partial charge in [0, 0.05) is 11.1 Å². The zero-order valence-corrected chi connectivity index (χ0v) is 16.0. The molecule has 1 aliphatic heterocycles. The molecule has 0 spiro atoms. The fourth-order valence-corrected chi connectivity index (χ4v) is 3.16. The van der Waals surface area contributed by atoms with Crippen LogP contribution < -0.4 is 15.4 Å². The number of ether oxygens (including phenoxy) is 2. The summed E-state index contributed by atoms with van der Waals surface area (Å²) in [4.78, 5) is 15.9. The molecule has 1 aromatic rings. The molecule has 5 nitrogen and oxygen atoms in total. The molecular weight excluding hydrogens is 387 g/mol. The highest BCUT2D eigenvalue weighted by Crippen LogP contribution is 2.45. The van der Waals surface area contributed by atoms with Gasteiger partial charge in [-0.25, -0.2) is 4.79 Å². The molecule has 9 heteroatoms. The molecule has 0 fully saturated rings. The molecule has 0 aromatic heterocycles. The van der Waals surface area contributed by atoms with Crippen LogP contribution in [0, 0.1) is 12.8 Å². The van der Waals surface area contributed by atoms with Gasteiger partial charge in [-0.2, -0.15) is 19.1 Å². The molecular formula is C18H22ClF3NO4+. The Morgan fingerprint density at radius 2 is 2.00 bits per heavy atom. The fraction of sp³-hybridized carbons (Fsp3) is 0.500. The van der Waals surface area contributed by atoms with Crippen LogP contribution in [0.5, 0.6) is 11.5 Å². The largest absolute Gasteiger partial charge is 0.491 e. The molecule has 0 saturated heterocycles. The number of hydrogen-bond donors (Lipinski definition) is 1. The Hall–Kier alpha value is -1.93. The minimum absolute atomic E-state index is 0.0260. The molecule has 1 unspecified atom stereocenters. The molecule has 1 aliphatic rings. The third-order valence-corrected chi connectivity index (χ3v) is 4.83. The summed E-state index contributed by atoms with van der Waals surface area (Å²) in [5, 5.41) is 0.227. The molecule has 2 rings (SSSR count). The molecule has 1 heterocycles. The third kappa shape index (κ3) is 4.50. The summed E-state index contributed by atoms with van der Waals surface area (Å²) < 4.78 is 51.1. The molecule has 150 valence electrons. The van der Waals surface area contributed by atoms with Crippen molar-refractivity contribution in [3.8, 4) is 11.5 Å². The summed E-state index contributed by atoms with van der Waals surface area (Å²) in [7, 11) is 0. The fourth-order valence-electron chi connectivity index (χ4n) is 2.85. The molecule has 0 aliphatic carbocycles. The Morgan fingerprint density at radius 3 is 2.52 bits per heavy atom. The Morgan fingerprint density at radius 1 is 1.37 bits per heavy atom. The van der Waals surface area contributed by atoms with Gasteiger partial charge >= 0.3 is 12.1 Å². The van der Waals surface area contributed by atoms with Crippen LogP contribution in [0.2, 0.25) is 5.02 Å². The van der Waals surface area contributed by atoms with Gasteiger partial charge in [-0.1, -0.05) is 38.3 Å². The van der Waals surface area contributed by atoms with Crippen LogP contribution in [0.3, 0.4) is 0 Å². The van der Waals surface area contributed by atoms with Crippen molar-refractivity contribution in [2.24, 2.45) is 5.92 Å². The maximum absolute atomic E-state index is 13.4. The first-order chi connectivity index (χ1) is 12.6. The van der Waals surface area contributed by atoms with E-state index in [1.807, 2.05) is 13.8 Å². The van der Waals surface area contributed by atoms with Gasteiger partial charge in [-0.3, -0.25) is 4.84 Å². The van der Waals surface area contributed by atoms with Crippen molar-refractivity contribution in [1.29, 1.82) is 0 Å². The van der Waals surface area contributed by atoms with Crippen LogP contribution in [-0.2, 0) is 9.63 Å². The number of rotatable bonds is 6. The number of quaternary nitrogens is 1. The second-order valence-electron chi connectivity index (χ2n) is 6.30. The van der Waals surface area contributed by atoms with Crippen LogP contribution in [0.25, 0.3) is 6.08 Å². The summed E-state index contributed by atoms with van der Waals surface area (Å²) in [6.07, 6.45) is -4.38. The van der Waals surface area contributed by atoms with Crippen molar-refractivity contribution in [2.75, 3.05) is 6.61 Å². The van der Waals surface area contributed by atoms with E-state index in [0.29, 0.717) is 18.1 Å². The molecule has 27 heavy (non-hydrogen) atoms. The topological polar surface area (TPSA) is 72.4 Å². The summed E-state index contributed by atoms with van der Waals surface area (Å²) in [6, 6.07) is 1.41. The molecule has 3 N–H and O–H groups in total. The molecule has 0 saturated carbocycles. The highest BCUT2D eigenvalue weighted by Gasteiger charge is 2.49. The van der Waals surface area contributed by atoms with E-state index >= 15 is 0 Å². The highest BCUT2D eigenvalue weighted by molar-refractivity contribution is 6.32. The predicted octanol–water partition coefficient (Wildman–Crippen LogP) is 3.87. The summed E-state index contributed by atoms with van der Waals surface area (Å²) in [5.41, 5.74) is -0.101. The lowest BCUT2D eigenvalue weighted by atomic mass is 9.98. The van der Waals surface area contributed by atoms with Crippen LogP contribution in [0.15, 0.2) is 11.6 Å². The minimum atomic E-state index is -4.81. The lowest BCUT2D eigenvalue weighted by Crippen LogP contribution is -2.53. The first kappa shape index (κ1) is 21.4. The van der Waals surface area contributed by atoms with E-state index in [2.05, 4.69) is 10.7 Å². The second kappa shape index (κ2) is 8.39. The molecule has 0 bridgehead atoms. The van der Waals surface area contributed by atoms with Crippen molar-refractivity contribution < 1.29 is 38.2 Å².